The van der Waals surface area contributed by atoms with E-state index in [1.165, 1.54) is 16.8 Å². The van der Waals surface area contributed by atoms with Crippen molar-refractivity contribution in [1.82, 2.24) is 0 Å². The van der Waals surface area contributed by atoms with Crippen LogP contribution < -0.4 is 10.6 Å². The van der Waals surface area contributed by atoms with E-state index in [-0.39, 0.29) is 6.61 Å². The van der Waals surface area contributed by atoms with Crippen LogP contribution in [-0.2, 0) is 6.42 Å². The van der Waals surface area contributed by atoms with Crippen LogP contribution in [0.3, 0.4) is 0 Å². The Labute approximate surface area is 103 Å². The molecule has 0 radical (unpaired) electrons. The zero-order chi connectivity index (χ0) is 12.5. The molecular weight excluding hydrogens is 212 g/mol. The fourth-order valence-electron chi connectivity index (χ4n) is 2.45. The SMILES string of the molecule is Cc1ccc2c(c1)CCCN2CC(C)(N)CO. The maximum absolute atomic E-state index is 9.27. The van der Waals surface area contributed by atoms with Crippen molar-refractivity contribution in [3.63, 3.8) is 0 Å². The molecule has 1 aromatic carbocycles. The predicted molar refractivity (Wildman–Crippen MR) is 71.4 cm³/mol. The molecule has 3 nitrogen and oxygen atoms in total. The Morgan fingerprint density at radius 3 is 2.94 bits per heavy atom. The van der Waals surface area contributed by atoms with Gasteiger partial charge in [-0.3, -0.25) is 0 Å². The molecule has 0 saturated heterocycles. The van der Waals surface area contributed by atoms with Crippen LogP contribution in [0, 0.1) is 6.92 Å². The fourth-order valence-corrected chi connectivity index (χ4v) is 2.45. The van der Waals surface area contributed by atoms with E-state index in [1.807, 2.05) is 6.92 Å². The number of fused-ring (bicyclic) bond motifs is 1. The molecule has 1 heterocycles. The Morgan fingerprint density at radius 2 is 2.24 bits per heavy atom. The number of nitrogens with two attached hydrogens (primary N) is 1. The Morgan fingerprint density at radius 1 is 1.47 bits per heavy atom. The number of nitrogens with zero attached hydrogens (tertiary/aromatic N) is 1. The highest BCUT2D eigenvalue weighted by Gasteiger charge is 2.24. The molecule has 2 rings (SSSR count). The van der Waals surface area contributed by atoms with Crippen molar-refractivity contribution in [2.75, 3.05) is 24.6 Å². The average Bonchev–Trinajstić information content (AvgIpc) is 2.28. The first-order valence-electron chi connectivity index (χ1n) is 6.26. The number of aliphatic hydroxyl groups is 1. The molecule has 3 heteroatoms. The predicted octanol–water partition coefficient (Wildman–Crippen LogP) is 1.46. The lowest BCUT2D eigenvalue weighted by Gasteiger charge is -2.37. The van der Waals surface area contributed by atoms with E-state index in [1.54, 1.807) is 0 Å². The van der Waals surface area contributed by atoms with Crippen LogP contribution in [0.4, 0.5) is 5.69 Å². The molecule has 1 aliphatic heterocycles. The molecule has 0 aliphatic carbocycles. The smallest absolute Gasteiger partial charge is 0.0625 e. The van der Waals surface area contributed by atoms with Gasteiger partial charge in [0.25, 0.3) is 0 Å². The Kier molecular flexibility index (Phi) is 3.40. The quantitative estimate of drug-likeness (QED) is 0.832. The minimum absolute atomic E-state index is 0.0185. The second-order valence-corrected chi connectivity index (χ2v) is 5.47. The molecule has 3 N–H and O–H groups in total. The lowest BCUT2D eigenvalue weighted by Crippen LogP contribution is -2.51. The first-order chi connectivity index (χ1) is 8.02. The number of benzene rings is 1. The fraction of sp³-hybridized carbons (Fsp3) is 0.571. The summed E-state index contributed by atoms with van der Waals surface area (Å²) in [6.45, 7) is 5.78. The summed E-state index contributed by atoms with van der Waals surface area (Å²) in [5.41, 5.74) is 9.51. The number of aryl methyl sites for hydroxylation is 2. The highest BCUT2D eigenvalue weighted by molar-refractivity contribution is 5.57. The van der Waals surface area contributed by atoms with Gasteiger partial charge < -0.3 is 15.7 Å². The van der Waals surface area contributed by atoms with Gasteiger partial charge in [0.05, 0.1) is 12.1 Å². The first kappa shape index (κ1) is 12.4. The summed E-state index contributed by atoms with van der Waals surface area (Å²) in [4.78, 5) is 2.30. The summed E-state index contributed by atoms with van der Waals surface area (Å²) in [6, 6.07) is 6.58. The summed E-state index contributed by atoms with van der Waals surface area (Å²) in [5.74, 6) is 0. The maximum atomic E-state index is 9.27. The van der Waals surface area contributed by atoms with Crippen LogP contribution in [0.5, 0.6) is 0 Å². The van der Waals surface area contributed by atoms with Gasteiger partial charge in [0.1, 0.15) is 0 Å². The second-order valence-electron chi connectivity index (χ2n) is 5.47. The number of rotatable bonds is 3. The van der Waals surface area contributed by atoms with Crippen LogP contribution in [-0.4, -0.2) is 30.3 Å². The Hall–Kier alpha value is -1.06. The van der Waals surface area contributed by atoms with Gasteiger partial charge in [-0.15, -0.1) is 0 Å². The van der Waals surface area contributed by atoms with Crippen molar-refractivity contribution in [3.05, 3.63) is 29.3 Å². The third-order valence-corrected chi connectivity index (χ3v) is 3.36. The van der Waals surface area contributed by atoms with Crippen molar-refractivity contribution < 1.29 is 5.11 Å². The topological polar surface area (TPSA) is 49.5 Å². The van der Waals surface area contributed by atoms with Crippen LogP contribution in [0.15, 0.2) is 18.2 Å². The van der Waals surface area contributed by atoms with Crippen LogP contribution in [0.25, 0.3) is 0 Å². The highest BCUT2D eigenvalue weighted by atomic mass is 16.3. The van der Waals surface area contributed by atoms with Gasteiger partial charge in [0.15, 0.2) is 0 Å². The van der Waals surface area contributed by atoms with E-state index in [4.69, 9.17) is 5.73 Å². The van der Waals surface area contributed by atoms with E-state index < -0.39 is 5.54 Å². The van der Waals surface area contributed by atoms with Crippen molar-refractivity contribution in [1.29, 1.82) is 0 Å². The summed E-state index contributed by atoms with van der Waals surface area (Å²) in [7, 11) is 0. The molecular formula is C14H22N2O. The van der Waals surface area contributed by atoms with E-state index in [2.05, 4.69) is 30.0 Å². The Balaban J connectivity index is 2.23. The van der Waals surface area contributed by atoms with Gasteiger partial charge >= 0.3 is 0 Å². The van der Waals surface area contributed by atoms with Gasteiger partial charge in [-0.25, -0.2) is 0 Å². The van der Waals surface area contributed by atoms with Gasteiger partial charge in [0, 0.05) is 18.8 Å². The van der Waals surface area contributed by atoms with Crippen LogP contribution in [0.2, 0.25) is 0 Å². The van der Waals surface area contributed by atoms with E-state index in [9.17, 15) is 5.11 Å². The standard InChI is InChI=1S/C14H22N2O/c1-11-5-6-13-12(8-11)4-3-7-16(13)9-14(2,15)10-17/h5-6,8,17H,3-4,7,9-10,15H2,1-2H3. The molecule has 1 aliphatic rings. The third-order valence-electron chi connectivity index (χ3n) is 3.36. The number of hydrogen-bond acceptors (Lipinski definition) is 3. The molecule has 0 amide bonds. The van der Waals surface area contributed by atoms with Gasteiger partial charge in [0.2, 0.25) is 0 Å². The molecule has 0 spiro atoms. The monoisotopic (exact) mass is 234 g/mol. The second kappa shape index (κ2) is 4.67. The number of aliphatic hydroxyl groups excluding tert-OH is 1. The van der Waals surface area contributed by atoms with Gasteiger partial charge in [-0.1, -0.05) is 17.7 Å². The Bertz CT molecular complexity index is 401. The van der Waals surface area contributed by atoms with Crippen molar-refractivity contribution in [2.45, 2.75) is 32.2 Å². The molecule has 0 aromatic heterocycles. The summed E-state index contributed by atoms with van der Waals surface area (Å²) in [6.07, 6.45) is 2.31. The molecule has 1 aromatic rings. The molecule has 0 fully saturated rings. The van der Waals surface area contributed by atoms with E-state index in [0.29, 0.717) is 6.54 Å². The van der Waals surface area contributed by atoms with E-state index >= 15 is 0 Å². The summed E-state index contributed by atoms with van der Waals surface area (Å²) in [5, 5.41) is 9.27. The molecule has 0 bridgehead atoms. The maximum Gasteiger partial charge on any atom is 0.0625 e. The highest BCUT2D eigenvalue weighted by Crippen LogP contribution is 2.28. The molecule has 1 atom stereocenters. The van der Waals surface area contributed by atoms with Crippen molar-refractivity contribution in [3.8, 4) is 0 Å². The van der Waals surface area contributed by atoms with E-state index in [0.717, 1.165) is 19.4 Å². The molecule has 1 unspecified atom stereocenters. The van der Waals surface area contributed by atoms with Crippen LogP contribution >= 0.6 is 0 Å². The summed E-state index contributed by atoms with van der Waals surface area (Å²) < 4.78 is 0. The zero-order valence-electron chi connectivity index (χ0n) is 10.7. The minimum atomic E-state index is -0.528. The van der Waals surface area contributed by atoms with Crippen molar-refractivity contribution in [2.24, 2.45) is 5.73 Å². The number of anilines is 1. The molecule has 94 valence electrons. The number of hydrogen-bond donors (Lipinski definition) is 2. The largest absolute Gasteiger partial charge is 0.394 e. The van der Waals surface area contributed by atoms with Gasteiger partial charge in [-0.2, -0.15) is 0 Å². The average molecular weight is 234 g/mol. The molecule has 17 heavy (non-hydrogen) atoms. The van der Waals surface area contributed by atoms with Crippen molar-refractivity contribution >= 4 is 5.69 Å². The third kappa shape index (κ3) is 2.79. The lowest BCUT2D eigenvalue weighted by atomic mass is 9.97. The normalized spacial score (nSPS) is 18.7. The zero-order valence-corrected chi connectivity index (χ0v) is 10.7. The summed E-state index contributed by atoms with van der Waals surface area (Å²) >= 11 is 0. The van der Waals surface area contributed by atoms with Gasteiger partial charge in [-0.05, 0) is 38.3 Å². The molecule has 0 saturated carbocycles. The lowest BCUT2D eigenvalue weighted by molar-refractivity contribution is 0.210. The van der Waals surface area contributed by atoms with Crippen LogP contribution in [0.1, 0.15) is 24.5 Å². The first-order valence-corrected chi connectivity index (χ1v) is 6.26. The minimum Gasteiger partial charge on any atom is -0.394 e.